The number of hydrogen-bond acceptors (Lipinski definition) is 2. The normalized spacial score (nSPS) is 25.9. The largest absolute Gasteiger partial charge is 0.385 e. The molecule has 0 aromatic carbocycles. The van der Waals surface area contributed by atoms with Gasteiger partial charge in [-0.3, -0.25) is 0 Å². The summed E-state index contributed by atoms with van der Waals surface area (Å²) in [6.07, 6.45) is 9.65. The molecule has 0 radical (unpaired) electrons. The monoisotopic (exact) mass is 227 g/mol. The fraction of sp³-hybridized carbons (Fsp3) is 1.00. The molecule has 16 heavy (non-hydrogen) atoms. The average molecular weight is 227 g/mol. The Morgan fingerprint density at radius 1 is 1.19 bits per heavy atom. The number of methoxy groups -OCH3 is 1. The molecule has 0 amide bonds. The smallest absolute Gasteiger partial charge is 0.0462 e. The van der Waals surface area contributed by atoms with E-state index in [1.807, 2.05) is 0 Å². The lowest BCUT2D eigenvalue weighted by atomic mass is 9.80. The highest BCUT2D eigenvalue weighted by atomic mass is 16.5. The lowest BCUT2D eigenvalue weighted by molar-refractivity contribution is 0.192. The third-order valence-corrected chi connectivity index (χ3v) is 3.85. The summed E-state index contributed by atoms with van der Waals surface area (Å²) in [5.74, 6) is 1.95. The van der Waals surface area contributed by atoms with E-state index < -0.39 is 0 Å². The highest BCUT2D eigenvalue weighted by Gasteiger charge is 2.19. The molecule has 0 aromatic rings. The van der Waals surface area contributed by atoms with Gasteiger partial charge in [0.25, 0.3) is 0 Å². The number of unbranched alkanes of at least 4 members (excludes halogenated alkanes) is 1. The van der Waals surface area contributed by atoms with E-state index in [-0.39, 0.29) is 0 Å². The van der Waals surface area contributed by atoms with Gasteiger partial charge in [0, 0.05) is 13.7 Å². The van der Waals surface area contributed by atoms with E-state index >= 15 is 0 Å². The van der Waals surface area contributed by atoms with Crippen molar-refractivity contribution >= 4 is 0 Å². The van der Waals surface area contributed by atoms with Crippen molar-refractivity contribution in [1.29, 1.82) is 0 Å². The lowest BCUT2D eigenvalue weighted by Gasteiger charge is -2.28. The molecule has 2 atom stereocenters. The standard InChI is InChI=1S/C14H29NO/c1-3-13-7-6-8-14(11-13)12-15-9-4-5-10-16-2/h13-15H,3-12H2,1-2H3. The summed E-state index contributed by atoms with van der Waals surface area (Å²) in [5, 5.41) is 3.60. The summed E-state index contributed by atoms with van der Waals surface area (Å²) in [5.41, 5.74) is 0. The van der Waals surface area contributed by atoms with Crippen molar-refractivity contribution in [2.24, 2.45) is 11.8 Å². The van der Waals surface area contributed by atoms with Gasteiger partial charge in [-0.1, -0.05) is 26.2 Å². The number of hydrogen-bond donors (Lipinski definition) is 1. The van der Waals surface area contributed by atoms with E-state index in [2.05, 4.69) is 12.2 Å². The number of nitrogens with one attached hydrogen (secondary N) is 1. The first-order valence-electron chi connectivity index (χ1n) is 7.06. The molecule has 1 fully saturated rings. The Morgan fingerprint density at radius 3 is 2.75 bits per heavy atom. The summed E-state index contributed by atoms with van der Waals surface area (Å²) in [6.45, 7) is 5.65. The van der Waals surface area contributed by atoms with E-state index in [1.54, 1.807) is 7.11 Å². The quantitative estimate of drug-likeness (QED) is 0.643. The zero-order chi connectivity index (χ0) is 11.6. The van der Waals surface area contributed by atoms with E-state index in [0.717, 1.165) is 25.0 Å². The summed E-state index contributed by atoms with van der Waals surface area (Å²) >= 11 is 0. The molecule has 1 rings (SSSR count). The molecular formula is C14H29NO. The van der Waals surface area contributed by atoms with Crippen molar-refractivity contribution in [2.45, 2.75) is 51.9 Å². The Bertz CT molecular complexity index is 161. The molecule has 1 aliphatic carbocycles. The van der Waals surface area contributed by atoms with Crippen molar-refractivity contribution in [1.82, 2.24) is 5.32 Å². The van der Waals surface area contributed by atoms with Crippen molar-refractivity contribution < 1.29 is 4.74 Å². The third kappa shape index (κ3) is 5.86. The summed E-state index contributed by atoms with van der Waals surface area (Å²) in [4.78, 5) is 0. The minimum absolute atomic E-state index is 0.906. The molecule has 0 aliphatic heterocycles. The molecule has 1 N–H and O–H groups in total. The molecule has 0 spiro atoms. The predicted molar refractivity (Wildman–Crippen MR) is 69.7 cm³/mol. The summed E-state index contributed by atoms with van der Waals surface area (Å²) in [7, 11) is 1.78. The van der Waals surface area contributed by atoms with Crippen LogP contribution in [0.15, 0.2) is 0 Å². The molecule has 1 aliphatic rings. The van der Waals surface area contributed by atoms with Gasteiger partial charge in [-0.15, -0.1) is 0 Å². The Labute approximate surface area is 101 Å². The highest BCUT2D eigenvalue weighted by molar-refractivity contribution is 4.73. The molecule has 0 bridgehead atoms. The Kier molecular flexibility index (Phi) is 7.87. The molecule has 0 heterocycles. The van der Waals surface area contributed by atoms with Crippen LogP contribution in [0.4, 0.5) is 0 Å². The van der Waals surface area contributed by atoms with Crippen LogP contribution in [-0.2, 0) is 4.74 Å². The third-order valence-electron chi connectivity index (χ3n) is 3.85. The fourth-order valence-electron chi connectivity index (χ4n) is 2.76. The van der Waals surface area contributed by atoms with Gasteiger partial charge in [0.05, 0.1) is 0 Å². The van der Waals surface area contributed by atoms with Crippen LogP contribution in [0, 0.1) is 11.8 Å². The van der Waals surface area contributed by atoms with Gasteiger partial charge in [0.2, 0.25) is 0 Å². The van der Waals surface area contributed by atoms with E-state index in [9.17, 15) is 0 Å². The van der Waals surface area contributed by atoms with Crippen LogP contribution < -0.4 is 5.32 Å². The van der Waals surface area contributed by atoms with Crippen LogP contribution in [0.3, 0.4) is 0 Å². The predicted octanol–water partition coefficient (Wildman–Crippen LogP) is 3.22. The molecule has 2 heteroatoms. The van der Waals surface area contributed by atoms with Crippen molar-refractivity contribution in [3.8, 4) is 0 Å². The molecular weight excluding hydrogens is 198 g/mol. The highest BCUT2D eigenvalue weighted by Crippen LogP contribution is 2.30. The topological polar surface area (TPSA) is 21.3 Å². The molecule has 96 valence electrons. The second kappa shape index (κ2) is 9.00. The van der Waals surface area contributed by atoms with Crippen LogP contribution in [0.2, 0.25) is 0 Å². The van der Waals surface area contributed by atoms with Gasteiger partial charge in [-0.2, -0.15) is 0 Å². The zero-order valence-corrected chi connectivity index (χ0v) is 11.1. The summed E-state index contributed by atoms with van der Waals surface area (Å²) in [6, 6.07) is 0. The molecule has 2 nitrogen and oxygen atoms in total. The minimum Gasteiger partial charge on any atom is -0.385 e. The van der Waals surface area contributed by atoms with E-state index in [0.29, 0.717) is 0 Å². The molecule has 0 aromatic heterocycles. The Hall–Kier alpha value is -0.0800. The lowest BCUT2D eigenvalue weighted by Crippen LogP contribution is -2.28. The van der Waals surface area contributed by atoms with Gasteiger partial charge in [-0.05, 0) is 50.6 Å². The maximum Gasteiger partial charge on any atom is 0.0462 e. The average Bonchev–Trinajstić information content (AvgIpc) is 2.34. The Morgan fingerprint density at radius 2 is 2.00 bits per heavy atom. The molecule has 0 saturated heterocycles. The van der Waals surface area contributed by atoms with Crippen LogP contribution in [-0.4, -0.2) is 26.8 Å². The van der Waals surface area contributed by atoms with Crippen LogP contribution >= 0.6 is 0 Å². The number of ether oxygens (including phenoxy) is 1. The van der Waals surface area contributed by atoms with Gasteiger partial charge in [-0.25, -0.2) is 0 Å². The minimum atomic E-state index is 0.906. The summed E-state index contributed by atoms with van der Waals surface area (Å²) < 4.78 is 5.04. The van der Waals surface area contributed by atoms with Gasteiger partial charge in [0.15, 0.2) is 0 Å². The Balaban J connectivity index is 1.95. The first-order valence-corrected chi connectivity index (χ1v) is 7.06. The van der Waals surface area contributed by atoms with Crippen molar-refractivity contribution in [2.75, 3.05) is 26.8 Å². The van der Waals surface area contributed by atoms with Crippen LogP contribution in [0.5, 0.6) is 0 Å². The van der Waals surface area contributed by atoms with Crippen LogP contribution in [0.1, 0.15) is 51.9 Å². The van der Waals surface area contributed by atoms with Gasteiger partial charge < -0.3 is 10.1 Å². The molecule has 1 saturated carbocycles. The number of rotatable bonds is 8. The second-order valence-electron chi connectivity index (χ2n) is 5.21. The maximum absolute atomic E-state index is 5.04. The van der Waals surface area contributed by atoms with Crippen molar-refractivity contribution in [3.63, 3.8) is 0 Å². The maximum atomic E-state index is 5.04. The molecule has 2 unspecified atom stereocenters. The van der Waals surface area contributed by atoms with Gasteiger partial charge >= 0.3 is 0 Å². The first kappa shape index (κ1) is 14.0. The first-order chi connectivity index (χ1) is 7.86. The zero-order valence-electron chi connectivity index (χ0n) is 11.1. The van der Waals surface area contributed by atoms with Crippen molar-refractivity contribution in [3.05, 3.63) is 0 Å². The second-order valence-corrected chi connectivity index (χ2v) is 5.21. The van der Waals surface area contributed by atoms with Gasteiger partial charge in [0.1, 0.15) is 0 Å². The van der Waals surface area contributed by atoms with Crippen LogP contribution in [0.25, 0.3) is 0 Å². The van der Waals surface area contributed by atoms with E-state index in [1.165, 1.54) is 51.5 Å². The SMILES string of the molecule is CCC1CCCC(CNCCCCOC)C1. The fourth-order valence-corrected chi connectivity index (χ4v) is 2.76. The van der Waals surface area contributed by atoms with E-state index in [4.69, 9.17) is 4.74 Å².